The van der Waals surface area contributed by atoms with Gasteiger partial charge in [0.25, 0.3) is 15.7 Å². The van der Waals surface area contributed by atoms with Gasteiger partial charge in [0, 0.05) is 18.2 Å². The molecule has 1 aromatic carbocycles. The van der Waals surface area contributed by atoms with Gasteiger partial charge >= 0.3 is 0 Å². The molecule has 0 saturated heterocycles. The second-order valence-electron chi connectivity index (χ2n) is 5.81. The van der Waals surface area contributed by atoms with E-state index in [9.17, 15) is 22.9 Å². The fourth-order valence-electron chi connectivity index (χ4n) is 2.35. The van der Waals surface area contributed by atoms with Crippen LogP contribution in [0, 0.1) is 21.8 Å². The van der Waals surface area contributed by atoms with E-state index in [0.29, 0.717) is 6.42 Å². The van der Waals surface area contributed by atoms with Gasteiger partial charge in [0.2, 0.25) is 0 Å². The topological polar surface area (TPSA) is 115 Å². The number of hydrogen-bond donors (Lipinski definition) is 2. The molecule has 0 radical (unpaired) electrons. The highest BCUT2D eigenvalue weighted by molar-refractivity contribution is 7.89. The van der Waals surface area contributed by atoms with Gasteiger partial charge in [0.15, 0.2) is 4.90 Å². The van der Waals surface area contributed by atoms with Crippen LogP contribution >= 0.6 is 0 Å². The zero-order valence-electron chi connectivity index (χ0n) is 12.7. The van der Waals surface area contributed by atoms with Gasteiger partial charge in [-0.2, -0.15) is 0 Å². The van der Waals surface area contributed by atoms with Gasteiger partial charge in [0.1, 0.15) is 5.82 Å². The van der Waals surface area contributed by atoms with Crippen LogP contribution in [0.25, 0.3) is 0 Å². The summed E-state index contributed by atoms with van der Waals surface area (Å²) in [5, 5.41) is 11.0. The molecule has 3 N–H and O–H groups in total. The minimum absolute atomic E-state index is 0.0212. The molecule has 0 bridgehead atoms. The van der Waals surface area contributed by atoms with E-state index < -0.39 is 36.9 Å². The molecule has 1 rings (SSSR count). The SMILES string of the molecule is CC(C)CC(C)(CN)NS(=O)(=O)c1c(F)cccc1[N+](=O)[O-]. The number of nitrogens with two attached hydrogens (primary N) is 1. The molecule has 0 saturated carbocycles. The minimum atomic E-state index is -4.43. The van der Waals surface area contributed by atoms with Crippen molar-refractivity contribution in [2.24, 2.45) is 11.7 Å². The Morgan fingerprint density at radius 3 is 2.50 bits per heavy atom. The third-order valence-corrected chi connectivity index (χ3v) is 4.80. The second-order valence-corrected chi connectivity index (χ2v) is 7.43. The molecule has 0 fully saturated rings. The van der Waals surface area contributed by atoms with E-state index in [-0.39, 0.29) is 12.5 Å². The molecule has 0 aromatic heterocycles. The number of halogens is 1. The fraction of sp³-hybridized carbons (Fsp3) is 0.538. The highest BCUT2D eigenvalue weighted by Gasteiger charge is 2.36. The zero-order chi connectivity index (χ0) is 17.1. The van der Waals surface area contributed by atoms with Crippen molar-refractivity contribution in [3.8, 4) is 0 Å². The number of rotatable bonds is 7. The lowest BCUT2D eigenvalue weighted by Crippen LogP contribution is -2.52. The maximum Gasteiger partial charge on any atom is 0.292 e. The zero-order valence-corrected chi connectivity index (χ0v) is 13.5. The van der Waals surface area contributed by atoms with Crippen molar-refractivity contribution in [1.82, 2.24) is 4.72 Å². The number of benzene rings is 1. The van der Waals surface area contributed by atoms with E-state index in [4.69, 9.17) is 5.73 Å². The molecule has 1 aromatic rings. The molecular formula is C13H20FN3O4S. The minimum Gasteiger partial charge on any atom is -0.329 e. The molecule has 0 aliphatic carbocycles. The molecule has 124 valence electrons. The van der Waals surface area contributed by atoms with Crippen molar-refractivity contribution < 1.29 is 17.7 Å². The monoisotopic (exact) mass is 333 g/mol. The van der Waals surface area contributed by atoms with Crippen LogP contribution in [0.2, 0.25) is 0 Å². The van der Waals surface area contributed by atoms with Gasteiger partial charge < -0.3 is 5.73 Å². The van der Waals surface area contributed by atoms with E-state index >= 15 is 0 Å². The summed E-state index contributed by atoms with van der Waals surface area (Å²) in [5.41, 5.74) is 3.79. The average molecular weight is 333 g/mol. The Balaban J connectivity index is 3.34. The molecule has 0 aliphatic rings. The van der Waals surface area contributed by atoms with E-state index in [1.165, 1.54) is 0 Å². The lowest BCUT2D eigenvalue weighted by Gasteiger charge is -2.30. The number of nitrogens with one attached hydrogen (secondary N) is 1. The van der Waals surface area contributed by atoms with Crippen LogP contribution in [-0.4, -0.2) is 25.4 Å². The molecule has 1 atom stereocenters. The maximum absolute atomic E-state index is 13.9. The van der Waals surface area contributed by atoms with E-state index in [1.54, 1.807) is 6.92 Å². The van der Waals surface area contributed by atoms with Gasteiger partial charge in [-0.3, -0.25) is 10.1 Å². The average Bonchev–Trinajstić information content (AvgIpc) is 2.36. The molecule has 0 aliphatic heterocycles. The summed E-state index contributed by atoms with van der Waals surface area (Å²) in [7, 11) is -4.43. The molecule has 0 heterocycles. The Kier molecular flexibility index (Phi) is 5.60. The quantitative estimate of drug-likeness (QED) is 0.583. The highest BCUT2D eigenvalue weighted by Crippen LogP contribution is 2.28. The Bertz CT molecular complexity index is 663. The summed E-state index contributed by atoms with van der Waals surface area (Å²) in [4.78, 5) is 9.06. The van der Waals surface area contributed by atoms with Crippen LogP contribution in [0.5, 0.6) is 0 Å². The van der Waals surface area contributed by atoms with Crippen molar-refractivity contribution in [1.29, 1.82) is 0 Å². The largest absolute Gasteiger partial charge is 0.329 e. The summed E-state index contributed by atoms with van der Waals surface area (Å²) in [6.07, 6.45) is 0.408. The van der Waals surface area contributed by atoms with Crippen LogP contribution in [0.15, 0.2) is 23.1 Å². The molecular weight excluding hydrogens is 313 g/mol. The summed E-state index contributed by atoms with van der Waals surface area (Å²) >= 11 is 0. The molecule has 0 amide bonds. The Morgan fingerprint density at radius 2 is 2.05 bits per heavy atom. The number of nitro groups is 1. The molecule has 9 heteroatoms. The first-order valence-corrected chi connectivity index (χ1v) is 8.17. The maximum atomic E-state index is 13.9. The first kappa shape index (κ1) is 18.5. The number of hydrogen-bond acceptors (Lipinski definition) is 5. The van der Waals surface area contributed by atoms with Crippen LogP contribution in [0.1, 0.15) is 27.2 Å². The van der Waals surface area contributed by atoms with Crippen molar-refractivity contribution in [2.45, 2.75) is 37.6 Å². The van der Waals surface area contributed by atoms with Crippen LogP contribution in [-0.2, 0) is 10.0 Å². The summed E-state index contributed by atoms with van der Waals surface area (Å²) in [6.45, 7) is 5.32. The lowest BCUT2D eigenvalue weighted by atomic mass is 9.92. The van der Waals surface area contributed by atoms with E-state index in [0.717, 1.165) is 18.2 Å². The van der Waals surface area contributed by atoms with Crippen molar-refractivity contribution in [3.63, 3.8) is 0 Å². The van der Waals surface area contributed by atoms with Crippen molar-refractivity contribution in [3.05, 3.63) is 34.1 Å². The van der Waals surface area contributed by atoms with Crippen LogP contribution in [0.3, 0.4) is 0 Å². The standard InChI is InChI=1S/C13H20FN3O4S/c1-9(2)7-13(3,8-15)16-22(20,21)12-10(14)5-4-6-11(12)17(18)19/h4-6,9,16H,7-8,15H2,1-3H3. The normalized spacial score (nSPS) is 14.8. The van der Waals surface area contributed by atoms with Crippen LogP contribution < -0.4 is 10.5 Å². The van der Waals surface area contributed by atoms with Gasteiger partial charge in [-0.25, -0.2) is 17.5 Å². The number of sulfonamides is 1. The highest BCUT2D eigenvalue weighted by atomic mass is 32.2. The number of nitro benzene ring substituents is 1. The van der Waals surface area contributed by atoms with E-state index in [1.807, 2.05) is 13.8 Å². The van der Waals surface area contributed by atoms with Gasteiger partial charge in [0.05, 0.1) is 4.92 Å². The third-order valence-electron chi connectivity index (χ3n) is 3.10. The van der Waals surface area contributed by atoms with Crippen LogP contribution in [0.4, 0.5) is 10.1 Å². The number of nitrogens with zero attached hydrogens (tertiary/aromatic N) is 1. The summed E-state index contributed by atoms with van der Waals surface area (Å²) in [5.74, 6) is -1.04. The van der Waals surface area contributed by atoms with Gasteiger partial charge in [-0.05, 0) is 25.3 Å². The Labute approximate surface area is 128 Å². The van der Waals surface area contributed by atoms with Crippen molar-refractivity contribution >= 4 is 15.7 Å². The van der Waals surface area contributed by atoms with Gasteiger partial charge in [-0.15, -0.1) is 0 Å². The molecule has 1 unspecified atom stereocenters. The molecule has 22 heavy (non-hydrogen) atoms. The third kappa shape index (κ3) is 4.21. The predicted molar refractivity (Wildman–Crippen MR) is 80.3 cm³/mol. The smallest absolute Gasteiger partial charge is 0.292 e. The predicted octanol–water partition coefficient (Wildman–Crippen LogP) is 1.78. The first-order valence-electron chi connectivity index (χ1n) is 6.69. The second kappa shape index (κ2) is 6.67. The summed E-state index contributed by atoms with van der Waals surface area (Å²) < 4.78 is 41.0. The van der Waals surface area contributed by atoms with Crippen molar-refractivity contribution in [2.75, 3.05) is 6.54 Å². The van der Waals surface area contributed by atoms with E-state index in [2.05, 4.69) is 4.72 Å². The molecule has 0 spiro atoms. The fourth-order valence-corrected chi connectivity index (χ4v) is 4.01. The summed E-state index contributed by atoms with van der Waals surface area (Å²) in [6, 6.07) is 2.90. The Hall–Kier alpha value is -1.58. The van der Waals surface area contributed by atoms with Gasteiger partial charge in [-0.1, -0.05) is 19.9 Å². The molecule has 7 nitrogen and oxygen atoms in total. The first-order chi connectivity index (χ1) is 10.0. The lowest BCUT2D eigenvalue weighted by molar-refractivity contribution is -0.388. The Morgan fingerprint density at radius 1 is 1.45 bits per heavy atom.